The van der Waals surface area contributed by atoms with Crippen molar-refractivity contribution in [3.63, 3.8) is 0 Å². The number of hydrogen-bond donors (Lipinski definition) is 1. The average Bonchev–Trinajstić information content (AvgIpc) is 3.28. The van der Waals surface area contributed by atoms with Crippen molar-refractivity contribution in [3.05, 3.63) is 75.9 Å². The van der Waals surface area contributed by atoms with Crippen molar-refractivity contribution in [2.45, 2.75) is 58.5 Å². The number of amides is 1. The van der Waals surface area contributed by atoms with Crippen molar-refractivity contribution in [1.29, 1.82) is 0 Å². The third kappa shape index (κ3) is 5.07. The fourth-order valence-corrected chi connectivity index (χ4v) is 3.61. The zero-order valence-corrected chi connectivity index (χ0v) is 16.9. The molecule has 1 aliphatic heterocycles. The molecule has 30 heavy (non-hydrogen) atoms. The largest absolute Gasteiger partial charge is 0.467 e. The van der Waals surface area contributed by atoms with E-state index in [1.54, 1.807) is 10.8 Å². The zero-order chi connectivity index (χ0) is 20.8. The molecule has 0 fully saturated rings. The molecular weight excluding hydrogens is 384 g/mol. The molecule has 0 saturated carbocycles. The maximum atomic E-state index is 12.5. The van der Waals surface area contributed by atoms with Crippen LogP contribution in [0.15, 0.2) is 51.9 Å². The van der Waals surface area contributed by atoms with Crippen LogP contribution in [0.4, 0.5) is 0 Å². The molecule has 3 aromatic rings. The van der Waals surface area contributed by atoms with Crippen LogP contribution in [-0.4, -0.2) is 20.3 Å². The van der Waals surface area contributed by atoms with Gasteiger partial charge in [-0.2, -0.15) is 5.10 Å². The van der Waals surface area contributed by atoms with Crippen molar-refractivity contribution < 1.29 is 13.9 Å². The van der Waals surface area contributed by atoms with Crippen LogP contribution in [0.1, 0.15) is 42.0 Å². The molecule has 0 bridgehead atoms. The van der Waals surface area contributed by atoms with Gasteiger partial charge in [0, 0.05) is 19.5 Å². The minimum atomic E-state index is -0.232. The lowest BCUT2D eigenvalue weighted by molar-refractivity contribution is -0.122. The predicted molar refractivity (Wildman–Crippen MR) is 110 cm³/mol. The minimum Gasteiger partial charge on any atom is -0.467 e. The molecule has 2 aromatic heterocycles. The Balaban J connectivity index is 1.28. The van der Waals surface area contributed by atoms with Crippen LogP contribution in [0.3, 0.4) is 0 Å². The lowest BCUT2D eigenvalue weighted by Gasteiger charge is -2.08. The van der Waals surface area contributed by atoms with Gasteiger partial charge >= 0.3 is 5.69 Å². The standard InChI is InChI=1S/C22H26N4O4/c27-21(14-26-22(28)25-10-3-1-2-9-20(25)24-26)23-13-17-6-4-7-18(12-17)15-29-16-19-8-5-11-30-19/h4-8,11-12H,1-3,9-10,13-16H2,(H,23,27). The lowest BCUT2D eigenvalue weighted by Crippen LogP contribution is -2.33. The highest BCUT2D eigenvalue weighted by Crippen LogP contribution is 2.11. The SMILES string of the molecule is O=C(Cn1nc2n(c1=O)CCCCC2)NCc1cccc(COCc2ccco2)c1. The molecule has 0 saturated heterocycles. The summed E-state index contributed by atoms with van der Waals surface area (Å²) in [4.78, 5) is 24.8. The Kier molecular flexibility index (Phi) is 6.44. The third-order valence-corrected chi connectivity index (χ3v) is 5.15. The van der Waals surface area contributed by atoms with Gasteiger partial charge in [-0.25, -0.2) is 9.48 Å². The summed E-state index contributed by atoms with van der Waals surface area (Å²) in [6.45, 7) is 1.87. The number of nitrogens with zero attached hydrogens (tertiary/aromatic N) is 3. The molecule has 8 nitrogen and oxygen atoms in total. The average molecular weight is 410 g/mol. The number of hydrogen-bond acceptors (Lipinski definition) is 5. The second-order valence-electron chi connectivity index (χ2n) is 7.49. The van der Waals surface area contributed by atoms with Gasteiger partial charge in [-0.3, -0.25) is 9.36 Å². The fourth-order valence-electron chi connectivity index (χ4n) is 3.61. The Morgan fingerprint density at radius 3 is 2.90 bits per heavy atom. The summed E-state index contributed by atoms with van der Waals surface area (Å²) in [7, 11) is 0. The highest BCUT2D eigenvalue weighted by molar-refractivity contribution is 5.75. The number of aryl methyl sites for hydroxylation is 1. The van der Waals surface area contributed by atoms with Gasteiger partial charge in [0.05, 0.1) is 12.9 Å². The van der Waals surface area contributed by atoms with Crippen LogP contribution >= 0.6 is 0 Å². The number of furan rings is 1. The van der Waals surface area contributed by atoms with E-state index in [1.807, 2.05) is 36.4 Å². The number of carbonyl (C=O) groups is 1. The van der Waals surface area contributed by atoms with Gasteiger partial charge in [0.2, 0.25) is 5.91 Å². The number of fused-ring (bicyclic) bond motifs is 1. The summed E-state index contributed by atoms with van der Waals surface area (Å²) < 4.78 is 13.9. The maximum absolute atomic E-state index is 12.5. The molecule has 3 heterocycles. The molecule has 1 aromatic carbocycles. The topological polar surface area (TPSA) is 91.3 Å². The molecule has 8 heteroatoms. The van der Waals surface area contributed by atoms with E-state index in [0.717, 1.165) is 48.4 Å². The van der Waals surface area contributed by atoms with Gasteiger partial charge in [0.1, 0.15) is 24.7 Å². The molecule has 1 amide bonds. The monoisotopic (exact) mass is 410 g/mol. The molecule has 1 N–H and O–H groups in total. The molecule has 0 spiro atoms. The first kappa shape index (κ1) is 20.2. The van der Waals surface area contributed by atoms with Crippen molar-refractivity contribution in [2.75, 3.05) is 0 Å². The van der Waals surface area contributed by atoms with Gasteiger partial charge in [-0.05, 0) is 36.1 Å². The summed E-state index contributed by atoms with van der Waals surface area (Å²) in [5.41, 5.74) is 1.79. The zero-order valence-electron chi connectivity index (χ0n) is 16.9. The Bertz CT molecular complexity index is 1040. The van der Waals surface area contributed by atoms with Crippen LogP contribution in [0.5, 0.6) is 0 Å². The van der Waals surface area contributed by atoms with E-state index >= 15 is 0 Å². The highest BCUT2D eigenvalue weighted by Gasteiger charge is 2.17. The van der Waals surface area contributed by atoms with Crippen LogP contribution in [0.25, 0.3) is 0 Å². The van der Waals surface area contributed by atoms with E-state index in [1.165, 1.54) is 4.68 Å². The fraction of sp³-hybridized carbons (Fsp3) is 0.409. The molecule has 1 aliphatic rings. The molecule has 0 aliphatic carbocycles. The second kappa shape index (κ2) is 9.58. The van der Waals surface area contributed by atoms with Gasteiger partial charge in [0.25, 0.3) is 0 Å². The number of rotatable bonds is 8. The van der Waals surface area contributed by atoms with Crippen molar-refractivity contribution in [3.8, 4) is 0 Å². The number of ether oxygens (including phenoxy) is 1. The van der Waals surface area contributed by atoms with Gasteiger partial charge < -0.3 is 14.5 Å². The molecule has 0 unspecified atom stereocenters. The third-order valence-electron chi connectivity index (χ3n) is 5.15. The summed E-state index contributed by atoms with van der Waals surface area (Å²) in [6, 6.07) is 11.6. The Labute approximate surface area is 174 Å². The van der Waals surface area contributed by atoms with Gasteiger partial charge in [-0.15, -0.1) is 0 Å². The van der Waals surface area contributed by atoms with E-state index in [0.29, 0.717) is 26.3 Å². The first-order valence-corrected chi connectivity index (χ1v) is 10.3. The smallest absolute Gasteiger partial charge is 0.346 e. The quantitative estimate of drug-likeness (QED) is 0.616. The number of aromatic nitrogens is 3. The molecule has 0 atom stereocenters. The van der Waals surface area contributed by atoms with Crippen LogP contribution in [0, 0.1) is 0 Å². The first-order chi connectivity index (χ1) is 14.7. The van der Waals surface area contributed by atoms with E-state index in [4.69, 9.17) is 9.15 Å². The molecule has 158 valence electrons. The Morgan fingerprint density at radius 2 is 2.03 bits per heavy atom. The van der Waals surface area contributed by atoms with E-state index < -0.39 is 0 Å². The first-order valence-electron chi connectivity index (χ1n) is 10.3. The van der Waals surface area contributed by atoms with Crippen LogP contribution in [-0.2, 0) is 48.8 Å². The maximum Gasteiger partial charge on any atom is 0.346 e. The normalized spacial score (nSPS) is 13.6. The van der Waals surface area contributed by atoms with Gasteiger partial charge in [0.15, 0.2) is 0 Å². The Hall–Kier alpha value is -3.13. The van der Waals surface area contributed by atoms with E-state index in [9.17, 15) is 9.59 Å². The molecule has 4 rings (SSSR count). The van der Waals surface area contributed by atoms with Crippen LogP contribution < -0.4 is 11.0 Å². The molecular formula is C22H26N4O4. The van der Waals surface area contributed by atoms with Crippen LogP contribution in [0.2, 0.25) is 0 Å². The Morgan fingerprint density at radius 1 is 1.13 bits per heavy atom. The summed E-state index contributed by atoms with van der Waals surface area (Å²) in [5.74, 6) is 1.34. The van der Waals surface area contributed by atoms with E-state index in [-0.39, 0.29) is 18.1 Å². The number of nitrogens with one attached hydrogen (secondary N) is 1. The lowest BCUT2D eigenvalue weighted by atomic mass is 10.1. The van der Waals surface area contributed by atoms with Gasteiger partial charge in [-0.1, -0.05) is 30.7 Å². The summed E-state index contributed by atoms with van der Waals surface area (Å²) >= 11 is 0. The van der Waals surface area contributed by atoms with Crippen molar-refractivity contribution >= 4 is 5.91 Å². The predicted octanol–water partition coefficient (Wildman–Crippen LogP) is 2.40. The number of carbonyl (C=O) groups excluding carboxylic acids is 1. The molecule has 0 radical (unpaired) electrons. The second-order valence-corrected chi connectivity index (χ2v) is 7.49. The summed E-state index contributed by atoms with van der Waals surface area (Å²) in [5, 5.41) is 7.23. The highest BCUT2D eigenvalue weighted by atomic mass is 16.5. The summed E-state index contributed by atoms with van der Waals surface area (Å²) in [6.07, 6.45) is 5.53. The van der Waals surface area contributed by atoms with Crippen molar-refractivity contribution in [1.82, 2.24) is 19.7 Å². The van der Waals surface area contributed by atoms with Crippen molar-refractivity contribution in [2.24, 2.45) is 0 Å². The number of benzene rings is 1. The minimum absolute atomic E-state index is 0.0647. The van der Waals surface area contributed by atoms with E-state index in [2.05, 4.69) is 10.4 Å².